The lowest BCUT2D eigenvalue weighted by molar-refractivity contribution is 0.540. The lowest BCUT2D eigenvalue weighted by Crippen LogP contribution is -1.84. The number of terminal acetylenes is 1. The molecule has 0 unspecified atom stereocenters. The van der Waals surface area contributed by atoms with E-state index >= 15 is 0 Å². The van der Waals surface area contributed by atoms with Crippen molar-refractivity contribution in [2.75, 3.05) is 0 Å². The molecule has 0 atom stereocenters. The molecule has 0 amide bonds. The molecule has 2 rings (SSSR count). The standard InChI is InChI=1S/C13H9FO/c1-3-10-5-6-11(12(14)8-10)13-7-4-9(2)15-13/h1,4-8H,2H3. The molecule has 0 spiro atoms. The molecule has 15 heavy (non-hydrogen) atoms. The average molecular weight is 200 g/mol. The first-order valence-electron chi connectivity index (χ1n) is 4.53. The predicted octanol–water partition coefficient (Wildman–Crippen LogP) is 3.38. The van der Waals surface area contributed by atoms with Crippen LogP contribution in [0.25, 0.3) is 11.3 Å². The molecule has 0 fully saturated rings. The number of benzene rings is 1. The van der Waals surface area contributed by atoms with Crippen molar-refractivity contribution in [1.29, 1.82) is 0 Å². The van der Waals surface area contributed by atoms with Crippen molar-refractivity contribution >= 4 is 0 Å². The highest BCUT2D eigenvalue weighted by molar-refractivity contribution is 5.60. The number of aryl methyl sites for hydroxylation is 1. The van der Waals surface area contributed by atoms with E-state index in [0.29, 0.717) is 16.9 Å². The Balaban J connectivity index is 2.51. The number of rotatable bonds is 1. The maximum atomic E-state index is 13.6. The third-order valence-corrected chi connectivity index (χ3v) is 2.14. The van der Waals surface area contributed by atoms with Gasteiger partial charge in [-0.15, -0.1) is 6.42 Å². The van der Waals surface area contributed by atoms with Gasteiger partial charge in [-0.2, -0.15) is 0 Å². The monoisotopic (exact) mass is 200 g/mol. The molecule has 0 bridgehead atoms. The molecule has 0 aliphatic carbocycles. The highest BCUT2D eigenvalue weighted by atomic mass is 19.1. The zero-order chi connectivity index (χ0) is 10.8. The molecule has 1 nitrogen and oxygen atoms in total. The van der Waals surface area contributed by atoms with Crippen molar-refractivity contribution in [3.05, 3.63) is 47.5 Å². The highest BCUT2D eigenvalue weighted by Gasteiger charge is 2.08. The van der Waals surface area contributed by atoms with E-state index in [-0.39, 0.29) is 5.82 Å². The van der Waals surface area contributed by atoms with Crippen LogP contribution in [0.1, 0.15) is 11.3 Å². The molecule has 0 aliphatic rings. The summed E-state index contributed by atoms with van der Waals surface area (Å²) >= 11 is 0. The summed E-state index contributed by atoms with van der Waals surface area (Å²) < 4.78 is 18.9. The molecule has 0 aliphatic heterocycles. The fraction of sp³-hybridized carbons (Fsp3) is 0.0769. The van der Waals surface area contributed by atoms with Crippen molar-refractivity contribution in [2.24, 2.45) is 0 Å². The van der Waals surface area contributed by atoms with Crippen LogP contribution < -0.4 is 0 Å². The SMILES string of the molecule is C#Cc1ccc(-c2ccc(C)o2)c(F)c1. The summed E-state index contributed by atoms with van der Waals surface area (Å²) in [6.07, 6.45) is 5.17. The van der Waals surface area contributed by atoms with Crippen molar-refractivity contribution in [3.8, 4) is 23.7 Å². The van der Waals surface area contributed by atoms with Gasteiger partial charge in [-0.1, -0.05) is 5.92 Å². The molecule has 0 radical (unpaired) electrons. The quantitative estimate of drug-likeness (QED) is 0.643. The van der Waals surface area contributed by atoms with Crippen LogP contribution in [0.2, 0.25) is 0 Å². The second-order valence-electron chi connectivity index (χ2n) is 3.25. The summed E-state index contributed by atoms with van der Waals surface area (Å²) in [7, 11) is 0. The zero-order valence-corrected chi connectivity index (χ0v) is 8.25. The van der Waals surface area contributed by atoms with Crippen LogP contribution in [-0.2, 0) is 0 Å². The van der Waals surface area contributed by atoms with Gasteiger partial charge in [-0.25, -0.2) is 4.39 Å². The molecule has 1 aromatic heterocycles. The third kappa shape index (κ3) is 1.77. The Labute approximate surface area is 87.5 Å². The fourth-order valence-electron chi connectivity index (χ4n) is 1.38. The minimum Gasteiger partial charge on any atom is -0.461 e. The van der Waals surface area contributed by atoms with Gasteiger partial charge in [0.2, 0.25) is 0 Å². The molecule has 1 heterocycles. The highest BCUT2D eigenvalue weighted by Crippen LogP contribution is 2.25. The Hall–Kier alpha value is -2.01. The predicted molar refractivity (Wildman–Crippen MR) is 56.8 cm³/mol. The smallest absolute Gasteiger partial charge is 0.137 e. The second kappa shape index (κ2) is 3.62. The first-order chi connectivity index (χ1) is 7.20. The van der Waals surface area contributed by atoms with Crippen LogP contribution in [0.15, 0.2) is 34.7 Å². The normalized spacial score (nSPS) is 9.93. The van der Waals surface area contributed by atoms with E-state index in [0.717, 1.165) is 5.76 Å². The van der Waals surface area contributed by atoms with Crippen LogP contribution in [0, 0.1) is 25.1 Å². The fourth-order valence-corrected chi connectivity index (χ4v) is 1.38. The molecular weight excluding hydrogens is 191 g/mol. The van der Waals surface area contributed by atoms with Gasteiger partial charge in [0.1, 0.15) is 17.3 Å². The summed E-state index contributed by atoms with van der Waals surface area (Å²) in [5.41, 5.74) is 0.960. The molecule has 0 N–H and O–H groups in total. The van der Waals surface area contributed by atoms with E-state index in [9.17, 15) is 4.39 Å². The summed E-state index contributed by atoms with van der Waals surface area (Å²) in [5.74, 6) is 3.30. The van der Waals surface area contributed by atoms with Gasteiger partial charge in [-0.05, 0) is 37.3 Å². The van der Waals surface area contributed by atoms with E-state index in [2.05, 4.69) is 5.92 Å². The summed E-state index contributed by atoms with van der Waals surface area (Å²) in [6.45, 7) is 1.82. The van der Waals surface area contributed by atoms with Gasteiger partial charge in [0, 0.05) is 5.56 Å². The molecule has 1 aromatic carbocycles. The van der Waals surface area contributed by atoms with Gasteiger partial charge >= 0.3 is 0 Å². The van der Waals surface area contributed by atoms with Crippen molar-refractivity contribution in [1.82, 2.24) is 0 Å². The van der Waals surface area contributed by atoms with Crippen LogP contribution in [0.5, 0.6) is 0 Å². The lowest BCUT2D eigenvalue weighted by atomic mass is 10.1. The van der Waals surface area contributed by atoms with E-state index in [1.54, 1.807) is 24.3 Å². The number of hydrogen-bond donors (Lipinski definition) is 0. The lowest BCUT2D eigenvalue weighted by Gasteiger charge is -1.99. The van der Waals surface area contributed by atoms with E-state index in [1.165, 1.54) is 6.07 Å². The number of hydrogen-bond acceptors (Lipinski definition) is 1. The summed E-state index contributed by atoms with van der Waals surface area (Å²) in [5, 5.41) is 0. The van der Waals surface area contributed by atoms with Gasteiger partial charge in [0.15, 0.2) is 0 Å². The Morgan fingerprint density at radius 1 is 1.27 bits per heavy atom. The van der Waals surface area contributed by atoms with E-state index in [1.807, 2.05) is 6.92 Å². The van der Waals surface area contributed by atoms with E-state index in [4.69, 9.17) is 10.8 Å². The third-order valence-electron chi connectivity index (χ3n) is 2.14. The Morgan fingerprint density at radius 2 is 2.07 bits per heavy atom. The minimum absolute atomic E-state index is 0.361. The second-order valence-corrected chi connectivity index (χ2v) is 3.25. The van der Waals surface area contributed by atoms with Crippen LogP contribution in [-0.4, -0.2) is 0 Å². The molecule has 2 heteroatoms. The van der Waals surface area contributed by atoms with Crippen molar-refractivity contribution in [2.45, 2.75) is 6.92 Å². The first-order valence-corrected chi connectivity index (χ1v) is 4.53. The minimum atomic E-state index is -0.361. The average Bonchev–Trinajstić information content (AvgIpc) is 2.64. The maximum Gasteiger partial charge on any atom is 0.137 e. The van der Waals surface area contributed by atoms with Crippen LogP contribution >= 0.6 is 0 Å². The Morgan fingerprint density at radius 3 is 2.60 bits per heavy atom. The number of furan rings is 1. The van der Waals surface area contributed by atoms with Crippen molar-refractivity contribution < 1.29 is 8.81 Å². The summed E-state index contributed by atoms with van der Waals surface area (Å²) in [6, 6.07) is 8.18. The van der Waals surface area contributed by atoms with E-state index < -0.39 is 0 Å². The topological polar surface area (TPSA) is 13.1 Å². The van der Waals surface area contributed by atoms with Gasteiger partial charge in [0.05, 0.1) is 5.56 Å². The first kappa shape index (κ1) is 9.54. The maximum absolute atomic E-state index is 13.6. The largest absolute Gasteiger partial charge is 0.461 e. The molecule has 0 saturated heterocycles. The van der Waals surface area contributed by atoms with Gasteiger partial charge < -0.3 is 4.42 Å². The van der Waals surface area contributed by atoms with Crippen LogP contribution in [0.4, 0.5) is 4.39 Å². The zero-order valence-electron chi connectivity index (χ0n) is 8.25. The Bertz CT molecular complexity index is 532. The number of halogens is 1. The molecule has 2 aromatic rings. The van der Waals surface area contributed by atoms with Gasteiger partial charge in [-0.3, -0.25) is 0 Å². The summed E-state index contributed by atoms with van der Waals surface area (Å²) in [4.78, 5) is 0. The molecular formula is C13H9FO. The molecule has 0 saturated carbocycles. The van der Waals surface area contributed by atoms with Crippen LogP contribution in [0.3, 0.4) is 0 Å². The van der Waals surface area contributed by atoms with Gasteiger partial charge in [0.25, 0.3) is 0 Å². The molecule has 74 valence electrons. The van der Waals surface area contributed by atoms with Crippen molar-refractivity contribution in [3.63, 3.8) is 0 Å². The Kier molecular flexibility index (Phi) is 2.31.